The number of hydrogen-bond donors (Lipinski definition) is 1. The van der Waals surface area contributed by atoms with Crippen molar-refractivity contribution >= 4 is 16.9 Å². The third kappa shape index (κ3) is 1.36. The zero-order valence-corrected chi connectivity index (χ0v) is 8.38. The van der Waals surface area contributed by atoms with Crippen LogP contribution in [0.3, 0.4) is 0 Å². The molecule has 2 heterocycles. The highest BCUT2D eigenvalue weighted by Gasteiger charge is 2.16. The molecule has 0 atom stereocenters. The van der Waals surface area contributed by atoms with E-state index in [2.05, 4.69) is 15.9 Å². The van der Waals surface area contributed by atoms with Crippen LogP contribution in [0, 0.1) is 31.0 Å². The van der Waals surface area contributed by atoms with Crippen molar-refractivity contribution in [3.8, 4) is 12.3 Å². The molecule has 5 heteroatoms. The van der Waals surface area contributed by atoms with Crippen LogP contribution < -0.4 is 5.73 Å². The molecular weight excluding hydrogens is 212 g/mol. The lowest BCUT2D eigenvalue weighted by Gasteiger charge is -2.06. The minimum Gasteiger partial charge on any atom is -0.384 e. The molecule has 0 aliphatic carbocycles. The maximum atomic E-state index is 13.4. The number of terminal acetylenes is 1. The number of aromatic nitrogens is 2. The lowest BCUT2D eigenvalue weighted by Crippen LogP contribution is -2.02. The van der Waals surface area contributed by atoms with E-state index in [1.165, 1.54) is 6.07 Å². The summed E-state index contributed by atoms with van der Waals surface area (Å²) in [6.45, 7) is 1.68. The minimum absolute atomic E-state index is 0.0179. The SMILES string of the molecule is C#Cc1c(F)c(F)nc2nc(N)cc(C)c12. The molecule has 80 valence electrons. The summed E-state index contributed by atoms with van der Waals surface area (Å²) in [6.07, 6.45) is 5.15. The van der Waals surface area contributed by atoms with Crippen molar-refractivity contribution in [2.24, 2.45) is 0 Å². The number of aryl methyl sites for hydroxylation is 1. The average Bonchev–Trinajstić information content (AvgIpc) is 2.20. The Kier molecular flexibility index (Phi) is 2.20. The van der Waals surface area contributed by atoms with Crippen LogP contribution in [0.15, 0.2) is 6.07 Å². The van der Waals surface area contributed by atoms with Gasteiger partial charge in [-0.2, -0.15) is 9.37 Å². The number of nitrogens with zero attached hydrogens (tertiary/aromatic N) is 2. The van der Waals surface area contributed by atoms with E-state index in [0.717, 1.165) is 0 Å². The van der Waals surface area contributed by atoms with Gasteiger partial charge in [-0.25, -0.2) is 9.37 Å². The van der Waals surface area contributed by atoms with Crippen molar-refractivity contribution < 1.29 is 8.78 Å². The quantitative estimate of drug-likeness (QED) is 0.542. The lowest BCUT2D eigenvalue weighted by molar-refractivity contribution is 0.481. The standard InChI is InChI=1S/C11H7F2N3/c1-3-6-8-5(2)4-7(14)15-11(8)16-10(13)9(6)12/h1,4H,2H3,(H2,14,15,16). The summed E-state index contributed by atoms with van der Waals surface area (Å²) in [4.78, 5) is 7.19. The van der Waals surface area contributed by atoms with Crippen LogP contribution in [-0.4, -0.2) is 9.97 Å². The van der Waals surface area contributed by atoms with Gasteiger partial charge < -0.3 is 5.73 Å². The number of fused-ring (bicyclic) bond motifs is 1. The Bertz CT molecular complexity index is 629. The number of nitrogens with two attached hydrogens (primary N) is 1. The van der Waals surface area contributed by atoms with Gasteiger partial charge in [-0.1, -0.05) is 5.92 Å². The van der Waals surface area contributed by atoms with Gasteiger partial charge in [0.05, 0.1) is 5.56 Å². The second-order valence-electron chi connectivity index (χ2n) is 3.30. The zero-order chi connectivity index (χ0) is 11.9. The van der Waals surface area contributed by atoms with Crippen LogP contribution in [0.2, 0.25) is 0 Å². The molecule has 0 aromatic carbocycles. The van der Waals surface area contributed by atoms with E-state index < -0.39 is 11.8 Å². The summed E-state index contributed by atoms with van der Waals surface area (Å²) >= 11 is 0. The molecule has 0 aliphatic rings. The smallest absolute Gasteiger partial charge is 0.252 e. The number of anilines is 1. The maximum Gasteiger partial charge on any atom is 0.252 e. The van der Waals surface area contributed by atoms with Gasteiger partial charge in [0.25, 0.3) is 5.95 Å². The van der Waals surface area contributed by atoms with Crippen molar-refractivity contribution in [1.82, 2.24) is 9.97 Å². The molecule has 0 bridgehead atoms. The van der Waals surface area contributed by atoms with E-state index in [9.17, 15) is 8.78 Å². The molecule has 2 rings (SSSR count). The number of rotatable bonds is 0. The number of nitrogen functional groups attached to an aromatic ring is 1. The van der Waals surface area contributed by atoms with Gasteiger partial charge in [-0.3, -0.25) is 0 Å². The van der Waals surface area contributed by atoms with Gasteiger partial charge in [0, 0.05) is 5.39 Å². The van der Waals surface area contributed by atoms with Crippen LogP contribution in [0.4, 0.5) is 14.6 Å². The van der Waals surface area contributed by atoms with Gasteiger partial charge in [0.2, 0.25) is 0 Å². The van der Waals surface area contributed by atoms with E-state index in [4.69, 9.17) is 12.2 Å². The van der Waals surface area contributed by atoms with Gasteiger partial charge >= 0.3 is 0 Å². The van der Waals surface area contributed by atoms with Crippen LogP contribution in [0.25, 0.3) is 11.0 Å². The normalized spacial score (nSPS) is 10.4. The topological polar surface area (TPSA) is 51.8 Å². The first-order valence-electron chi connectivity index (χ1n) is 4.43. The molecule has 0 spiro atoms. The molecule has 2 aromatic rings. The summed E-state index contributed by atoms with van der Waals surface area (Å²) in [5.74, 6) is -0.110. The molecule has 0 saturated heterocycles. The third-order valence-corrected chi connectivity index (χ3v) is 2.22. The van der Waals surface area contributed by atoms with Crippen molar-refractivity contribution in [2.45, 2.75) is 6.92 Å². The molecule has 0 fully saturated rings. The Morgan fingerprint density at radius 1 is 1.38 bits per heavy atom. The van der Waals surface area contributed by atoms with Crippen molar-refractivity contribution in [3.05, 3.63) is 29.0 Å². The molecular formula is C11H7F2N3. The molecule has 2 N–H and O–H groups in total. The summed E-state index contributed by atoms with van der Waals surface area (Å²) in [6, 6.07) is 1.53. The highest BCUT2D eigenvalue weighted by atomic mass is 19.2. The van der Waals surface area contributed by atoms with Gasteiger partial charge in [0.15, 0.2) is 11.5 Å². The monoisotopic (exact) mass is 219 g/mol. The summed E-state index contributed by atoms with van der Waals surface area (Å²) < 4.78 is 26.5. The van der Waals surface area contributed by atoms with E-state index in [1.54, 1.807) is 6.92 Å². The second kappa shape index (κ2) is 3.42. The Hall–Kier alpha value is -2.22. The van der Waals surface area contributed by atoms with Gasteiger partial charge in [-0.15, -0.1) is 6.42 Å². The predicted octanol–water partition coefficient (Wildman–Crippen LogP) is 1.78. The molecule has 0 amide bonds. The molecule has 3 nitrogen and oxygen atoms in total. The predicted molar refractivity (Wildman–Crippen MR) is 56.5 cm³/mol. The summed E-state index contributed by atoms with van der Waals surface area (Å²) in [5.41, 5.74) is 5.94. The fraction of sp³-hybridized carbons (Fsp3) is 0.0909. The van der Waals surface area contributed by atoms with Crippen LogP contribution in [0.1, 0.15) is 11.1 Å². The minimum atomic E-state index is -1.27. The highest BCUT2D eigenvalue weighted by molar-refractivity contribution is 5.86. The van der Waals surface area contributed by atoms with Crippen LogP contribution >= 0.6 is 0 Å². The number of pyridine rings is 2. The summed E-state index contributed by atoms with van der Waals surface area (Å²) in [5, 5.41) is 0.315. The van der Waals surface area contributed by atoms with E-state index >= 15 is 0 Å². The van der Waals surface area contributed by atoms with E-state index in [-0.39, 0.29) is 17.0 Å². The molecule has 0 unspecified atom stereocenters. The van der Waals surface area contributed by atoms with Crippen LogP contribution in [-0.2, 0) is 0 Å². The molecule has 0 radical (unpaired) electrons. The third-order valence-electron chi connectivity index (χ3n) is 2.22. The van der Waals surface area contributed by atoms with Crippen molar-refractivity contribution in [3.63, 3.8) is 0 Å². The summed E-state index contributed by atoms with van der Waals surface area (Å²) in [7, 11) is 0. The highest BCUT2D eigenvalue weighted by Crippen LogP contribution is 2.24. The Morgan fingerprint density at radius 2 is 2.06 bits per heavy atom. The fourth-order valence-corrected chi connectivity index (χ4v) is 1.56. The fourth-order valence-electron chi connectivity index (χ4n) is 1.56. The van der Waals surface area contributed by atoms with E-state index in [0.29, 0.717) is 10.9 Å². The van der Waals surface area contributed by atoms with E-state index in [1.807, 2.05) is 0 Å². The number of halogens is 2. The Morgan fingerprint density at radius 3 is 2.69 bits per heavy atom. The van der Waals surface area contributed by atoms with Crippen LogP contribution in [0.5, 0.6) is 0 Å². The van der Waals surface area contributed by atoms with Gasteiger partial charge in [-0.05, 0) is 18.6 Å². The molecule has 2 aromatic heterocycles. The number of hydrogen-bond acceptors (Lipinski definition) is 3. The second-order valence-corrected chi connectivity index (χ2v) is 3.30. The first-order valence-corrected chi connectivity index (χ1v) is 4.43. The first kappa shape index (κ1) is 10.3. The lowest BCUT2D eigenvalue weighted by atomic mass is 10.1. The molecule has 0 saturated carbocycles. The van der Waals surface area contributed by atoms with Crippen molar-refractivity contribution in [2.75, 3.05) is 5.73 Å². The van der Waals surface area contributed by atoms with Crippen molar-refractivity contribution in [1.29, 1.82) is 0 Å². The Balaban J connectivity index is 3.04. The first-order chi connectivity index (χ1) is 7.54. The molecule has 0 aliphatic heterocycles. The largest absolute Gasteiger partial charge is 0.384 e. The zero-order valence-electron chi connectivity index (χ0n) is 8.38. The average molecular weight is 219 g/mol. The maximum absolute atomic E-state index is 13.4. The van der Waals surface area contributed by atoms with Gasteiger partial charge in [0.1, 0.15) is 5.82 Å². The molecule has 16 heavy (non-hydrogen) atoms. The Labute approximate surface area is 90.3 Å².